The zero-order valence-electron chi connectivity index (χ0n) is 14.3. The van der Waals surface area contributed by atoms with Crippen molar-refractivity contribution < 1.29 is 14.7 Å². The molecule has 0 unspecified atom stereocenters. The molecule has 0 fully saturated rings. The van der Waals surface area contributed by atoms with E-state index in [0.29, 0.717) is 13.1 Å². The highest BCUT2D eigenvalue weighted by molar-refractivity contribution is 5.84. The Morgan fingerprint density at radius 1 is 1.08 bits per heavy atom. The molecule has 0 aliphatic rings. The van der Waals surface area contributed by atoms with Gasteiger partial charge in [-0.3, -0.25) is 9.59 Å². The van der Waals surface area contributed by atoms with Gasteiger partial charge in [-0.1, -0.05) is 37.5 Å². The van der Waals surface area contributed by atoms with Crippen molar-refractivity contribution in [1.29, 1.82) is 0 Å². The van der Waals surface area contributed by atoms with Gasteiger partial charge in [-0.05, 0) is 37.3 Å². The standard InChI is InChI=1S/C19H26N2O3/c1-15-13-16-9-6-7-10-17(16)21(15)14-18(22)20-12-8-4-2-3-5-11-19(23)24/h6-7,9-10,13H,2-5,8,11-12,14H2,1H3,(H,20,22)(H,23,24). The van der Waals surface area contributed by atoms with E-state index in [-0.39, 0.29) is 12.3 Å². The topological polar surface area (TPSA) is 71.3 Å². The maximum atomic E-state index is 12.1. The maximum absolute atomic E-state index is 12.1. The number of carboxylic acid groups (broad SMARTS) is 1. The fourth-order valence-electron chi connectivity index (χ4n) is 2.92. The highest BCUT2D eigenvalue weighted by Gasteiger charge is 2.08. The molecule has 2 aromatic rings. The minimum atomic E-state index is -0.727. The third kappa shape index (κ3) is 5.41. The summed E-state index contributed by atoms with van der Waals surface area (Å²) in [6, 6.07) is 10.2. The number of carbonyl (C=O) groups excluding carboxylic acids is 1. The van der Waals surface area contributed by atoms with Crippen molar-refractivity contribution in [2.45, 2.75) is 52.0 Å². The number of rotatable bonds is 10. The van der Waals surface area contributed by atoms with Crippen molar-refractivity contribution in [3.63, 3.8) is 0 Å². The molecule has 0 spiro atoms. The van der Waals surface area contributed by atoms with Crippen molar-refractivity contribution in [1.82, 2.24) is 9.88 Å². The Hall–Kier alpha value is -2.30. The van der Waals surface area contributed by atoms with Crippen molar-refractivity contribution in [3.05, 3.63) is 36.0 Å². The fourth-order valence-corrected chi connectivity index (χ4v) is 2.92. The molecule has 2 N–H and O–H groups in total. The molecule has 1 aromatic heterocycles. The number of carboxylic acids is 1. The van der Waals surface area contributed by atoms with Crippen LogP contribution >= 0.6 is 0 Å². The van der Waals surface area contributed by atoms with E-state index >= 15 is 0 Å². The van der Waals surface area contributed by atoms with Gasteiger partial charge in [0, 0.05) is 24.2 Å². The largest absolute Gasteiger partial charge is 0.481 e. The number of benzene rings is 1. The number of nitrogens with one attached hydrogen (secondary N) is 1. The molecule has 0 radical (unpaired) electrons. The third-order valence-electron chi connectivity index (χ3n) is 4.21. The molecule has 0 saturated heterocycles. The molecule has 5 nitrogen and oxygen atoms in total. The van der Waals surface area contributed by atoms with E-state index in [9.17, 15) is 9.59 Å². The second-order valence-corrected chi connectivity index (χ2v) is 6.19. The van der Waals surface area contributed by atoms with Gasteiger partial charge in [-0.15, -0.1) is 0 Å². The third-order valence-corrected chi connectivity index (χ3v) is 4.21. The van der Waals surface area contributed by atoms with E-state index in [1.165, 1.54) is 0 Å². The van der Waals surface area contributed by atoms with E-state index in [2.05, 4.69) is 17.4 Å². The number of fused-ring (bicyclic) bond motifs is 1. The lowest BCUT2D eigenvalue weighted by Gasteiger charge is -2.09. The van der Waals surface area contributed by atoms with E-state index in [4.69, 9.17) is 5.11 Å². The molecule has 24 heavy (non-hydrogen) atoms. The number of unbranched alkanes of at least 4 members (excludes halogenated alkanes) is 4. The second kappa shape index (κ2) is 9.11. The molecule has 0 bridgehead atoms. The van der Waals surface area contributed by atoms with Gasteiger partial charge in [0.1, 0.15) is 6.54 Å². The van der Waals surface area contributed by atoms with Crippen LogP contribution in [0.25, 0.3) is 10.9 Å². The summed E-state index contributed by atoms with van der Waals surface area (Å²) in [4.78, 5) is 22.5. The number of hydrogen-bond donors (Lipinski definition) is 2. The van der Waals surface area contributed by atoms with Crippen LogP contribution < -0.4 is 5.32 Å². The Morgan fingerprint density at radius 3 is 2.58 bits per heavy atom. The first-order valence-corrected chi connectivity index (χ1v) is 8.61. The Morgan fingerprint density at radius 2 is 1.79 bits per heavy atom. The highest BCUT2D eigenvalue weighted by atomic mass is 16.4. The first kappa shape index (κ1) is 18.0. The predicted molar refractivity (Wildman–Crippen MR) is 95.0 cm³/mol. The van der Waals surface area contributed by atoms with Gasteiger partial charge < -0.3 is 15.0 Å². The summed E-state index contributed by atoms with van der Waals surface area (Å²) in [6.45, 7) is 3.04. The van der Waals surface area contributed by atoms with Crippen molar-refractivity contribution in [2.24, 2.45) is 0 Å². The Kier molecular flexibility index (Phi) is 6.85. The van der Waals surface area contributed by atoms with Crippen molar-refractivity contribution in [2.75, 3.05) is 6.54 Å². The normalized spacial score (nSPS) is 10.9. The van der Waals surface area contributed by atoms with Gasteiger partial charge in [-0.2, -0.15) is 0 Å². The van der Waals surface area contributed by atoms with Crippen LogP contribution in [-0.4, -0.2) is 28.1 Å². The number of para-hydroxylation sites is 1. The Labute approximate surface area is 142 Å². The second-order valence-electron chi connectivity index (χ2n) is 6.19. The lowest BCUT2D eigenvalue weighted by atomic mass is 10.1. The number of carbonyl (C=O) groups is 2. The van der Waals surface area contributed by atoms with E-state index in [1.54, 1.807) is 0 Å². The lowest BCUT2D eigenvalue weighted by Crippen LogP contribution is -2.28. The van der Waals surface area contributed by atoms with Gasteiger partial charge in [-0.25, -0.2) is 0 Å². The van der Waals surface area contributed by atoms with E-state index < -0.39 is 5.97 Å². The Balaban J connectivity index is 1.66. The molecule has 0 saturated carbocycles. The molecule has 1 heterocycles. The average molecular weight is 330 g/mol. The summed E-state index contributed by atoms with van der Waals surface area (Å²) < 4.78 is 2.04. The number of aliphatic carboxylic acids is 1. The van der Waals surface area contributed by atoms with Crippen molar-refractivity contribution in [3.8, 4) is 0 Å². The molecule has 130 valence electrons. The SMILES string of the molecule is Cc1cc2ccccc2n1CC(=O)NCCCCCCCC(=O)O. The quantitative estimate of drug-likeness (QED) is 0.655. The molecule has 1 amide bonds. The molecule has 2 rings (SSSR count). The predicted octanol–water partition coefficient (Wildman–Crippen LogP) is 3.49. The number of hydrogen-bond acceptors (Lipinski definition) is 2. The summed E-state index contributed by atoms with van der Waals surface area (Å²) in [5.41, 5.74) is 2.17. The maximum Gasteiger partial charge on any atom is 0.303 e. The van der Waals surface area contributed by atoms with Gasteiger partial charge in [0.05, 0.1) is 0 Å². The van der Waals surface area contributed by atoms with E-state index in [0.717, 1.165) is 48.7 Å². The monoisotopic (exact) mass is 330 g/mol. The van der Waals surface area contributed by atoms with Crippen LogP contribution in [0.2, 0.25) is 0 Å². The summed E-state index contributed by atoms with van der Waals surface area (Å²) in [7, 11) is 0. The van der Waals surface area contributed by atoms with Gasteiger partial charge in [0.2, 0.25) is 5.91 Å². The molecule has 0 aliphatic heterocycles. The Bertz CT molecular complexity index is 691. The summed E-state index contributed by atoms with van der Waals surface area (Å²) in [5.74, 6) is -0.694. The zero-order chi connectivity index (χ0) is 17.4. The van der Waals surface area contributed by atoms with Crippen LogP contribution in [0.4, 0.5) is 0 Å². The van der Waals surface area contributed by atoms with Gasteiger partial charge in [0.25, 0.3) is 0 Å². The number of aromatic nitrogens is 1. The number of amides is 1. The van der Waals surface area contributed by atoms with Crippen LogP contribution in [0.3, 0.4) is 0 Å². The molecule has 0 atom stereocenters. The zero-order valence-corrected chi connectivity index (χ0v) is 14.3. The summed E-state index contributed by atoms with van der Waals surface area (Å²) >= 11 is 0. The molecule has 1 aromatic carbocycles. The minimum absolute atomic E-state index is 0.0327. The molecular formula is C19H26N2O3. The number of aryl methyl sites for hydroxylation is 1. The van der Waals surface area contributed by atoms with Crippen LogP contribution in [0.5, 0.6) is 0 Å². The average Bonchev–Trinajstić information content (AvgIpc) is 2.85. The van der Waals surface area contributed by atoms with Crippen LogP contribution in [0, 0.1) is 6.92 Å². The molecule has 5 heteroatoms. The van der Waals surface area contributed by atoms with Crippen LogP contribution in [-0.2, 0) is 16.1 Å². The number of nitrogens with zero attached hydrogens (tertiary/aromatic N) is 1. The smallest absolute Gasteiger partial charge is 0.303 e. The molecular weight excluding hydrogens is 304 g/mol. The minimum Gasteiger partial charge on any atom is -0.481 e. The first-order valence-electron chi connectivity index (χ1n) is 8.61. The highest BCUT2D eigenvalue weighted by Crippen LogP contribution is 2.18. The van der Waals surface area contributed by atoms with Gasteiger partial charge >= 0.3 is 5.97 Å². The summed E-state index contributed by atoms with van der Waals surface area (Å²) in [6.07, 6.45) is 4.90. The first-order chi connectivity index (χ1) is 11.6. The fraction of sp³-hybridized carbons (Fsp3) is 0.474. The van der Waals surface area contributed by atoms with E-state index in [1.807, 2.05) is 29.7 Å². The lowest BCUT2D eigenvalue weighted by molar-refractivity contribution is -0.137. The molecule has 0 aliphatic carbocycles. The summed E-state index contributed by atoms with van der Waals surface area (Å²) in [5, 5.41) is 12.7. The van der Waals surface area contributed by atoms with Crippen molar-refractivity contribution >= 4 is 22.8 Å². The van der Waals surface area contributed by atoms with Crippen LogP contribution in [0.15, 0.2) is 30.3 Å². The van der Waals surface area contributed by atoms with Crippen LogP contribution in [0.1, 0.15) is 44.2 Å². The van der Waals surface area contributed by atoms with Gasteiger partial charge in [0.15, 0.2) is 0 Å².